The molecule has 1 aromatic heterocycles. The molecule has 1 fully saturated rings. The van der Waals surface area contributed by atoms with Gasteiger partial charge in [0.2, 0.25) is 0 Å². The van der Waals surface area contributed by atoms with Crippen LogP contribution in [0.3, 0.4) is 0 Å². The molecule has 2 unspecified atom stereocenters. The van der Waals surface area contributed by atoms with E-state index >= 15 is 0 Å². The molecule has 1 saturated heterocycles. The van der Waals surface area contributed by atoms with Crippen molar-refractivity contribution in [2.75, 3.05) is 23.4 Å². The van der Waals surface area contributed by atoms with Crippen LogP contribution in [-0.2, 0) is 6.42 Å². The molecule has 5 nitrogen and oxygen atoms in total. The topological polar surface area (TPSA) is 61.3 Å². The van der Waals surface area contributed by atoms with Crippen LogP contribution >= 0.6 is 11.6 Å². The van der Waals surface area contributed by atoms with Gasteiger partial charge in [-0.25, -0.2) is 9.97 Å². The van der Waals surface area contributed by atoms with Crippen molar-refractivity contribution in [1.82, 2.24) is 9.97 Å². The minimum Gasteiger partial charge on any atom is -0.394 e. The third-order valence-corrected chi connectivity index (χ3v) is 5.27. The zero-order valence-corrected chi connectivity index (χ0v) is 14.2. The van der Waals surface area contributed by atoms with E-state index in [1.807, 2.05) is 12.1 Å². The van der Waals surface area contributed by atoms with Crippen LogP contribution in [0.4, 0.5) is 11.6 Å². The number of anilines is 2. The lowest BCUT2D eigenvalue weighted by Gasteiger charge is -2.24. The van der Waals surface area contributed by atoms with Crippen LogP contribution in [0.25, 0.3) is 0 Å². The van der Waals surface area contributed by atoms with Crippen LogP contribution < -0.4 is 10.2 Å². The van der Waals surface area contributed by atoms with Crippen molar-refractivity contribution in [3.63, 3.8) is 0 Å². The summed E-state index contributed by atoms with van der Waals surface area (Å²) in [6, 6.07) is 8.52. The van der Waals surface area contributed by atoms with Crippen LogP contribution in [0.5, 0.6) is 0 Å². The minimum atomic E-state index is 0.169. The molecule has 0 radical (unpaired) electrons. The standard InChI is InChI=1S/C18H21ClN4O/c19-13-4-5-15-12(8-13)3-6-16(15)22-17-9-18(21-11-20-17)23-7-1-2-14(23)10-24/h4-5,8-9,11,14,16,24H,1-3,6-7,10H2,(H,20,21,22). The summed E-state index contributed by atoms with van der Waals surface area (Å²) in [6.45, 7) is 1.11. The fourth-order valence-electron chi connectivity index (χ4n) is 3.82. The Morgan fingerprint density at radius 3 is 3.04 bits per heavy atom. The number of aliphatic hydroxyl groups is 1. The van der Waals surface area contributed by atoms with Gasteiger partial charge in [-0.15, -0.1) is 0 Å². The van der Waals surface area contributed by atoms with Gasteiger partial charge >= 0.3 is 0 Å². The Morgan fingerprint density at radius 2 is 2.17 bits per heavy atom. The largest absolute Gasteiger partial charge is 0.394 e. The average Bonchev–Trinajstić information content (AvgIpc) is 3.22. The van der Waals surface area contributed by atoms with Crippen molar-refractivity contribution < 1.29 is 5.11 Å². The zero-order chi connectivity index (χ0) is 16.5. The SMILES string of the molecule is OCC1CCCN1c1cc(NC2CCc3cc(Cl)ccc32)ncn1. The van der Waals surface area contributed by atoms with Gasteiger partial charge in [0.1, 0.15) is 18.0 Å². The van der Waals surface area contributed by atoms with Gasteiger partial charge in [0.25, 0.3) is 0 Å². The summed E-state index contributed by atoms with van der Waals surface area (Å²) >= 11 is 6.09. The summed E-state index contributed by atoms with van der Waals surface area (Å²) in [7, 11) is 0. The number of hydrogen-bond acceptors (Lipinski definition) is 5. The highest BCUT2D eigenvalue weighted by Crippen LogP contribution is 2.35. The number of halogens is 1. The van der Waals surface area contributed by atoms with Gasteiger partial charge in [0, 0.05) is 17.6 Å². The van der Waals surface area contributed by atoms with Crippen LogP contribution in [0.15, 0.2) is 30.6 Å². The first-order valence-electron chi connectivity index (χ1n) is 8.49. The Balaban J connectivity index is 1.53. The van der Waals surface area contributed by atoms with Crippen LogP contribution in [0.1, 0.15) is 36.4 Å². The molecule has 0 saturated carbocycles. The van der Waals surface area contributed by atoms with Gasteiger partial charge in [0.15, 0.2) is 0 Å². The van der Waals surface area contributed by atoms with Crippen LogP contribution in [0.2, 0.25) is 5.02 Å². The first kappa shape index (κ1) is 15.7. The molecular formula is C18H21ClN4O. The number of benzene rings is 1. The first-order valence-corrected chi connectivity index (χ1v) is 8.87. The quantitative estimate of drug-likeness (QED) is 0.892. The Bertz CT molecular complexity index is 739. The molecule has 0 spiro atoms. The van der Waals surface area contributed by atoms with Gasteiger partial charge in [0.05, 0.1) is 18.7 Å². The van der Waals surface area contributed by atoms with Crippen molar-refractivity contribution in [2.45, 2.75) is 37.8 Å². The van der Waals surface area contributed by atoms with Crippen LogP contribution in [-0.4, -0.2) is 34.3 Å². The molecule has 126 valence electrons. The van der Waals surface area contributed by atoms with Gasteiger partial charge in [-0.2, -0.15) is 0 Å². The zero-order valence-electron chi connectivity index (χ0n) is 13.5. The molecule has 1 aliphatic carbocycles. The molecule has 2 aromatic rings. The number of nitrogens with one attached hydrogen (secondary N) is 1. The molecule has 2 aliphatic rings. The first-order chi connectivity index (χ1) is 11.7. The summed E-state index contributed by atoms with van der Waals surface area (Å²) in [5.41, 5.74) is 2.61. The van der Waals surface area contributed by atoms with E-state index in [0.29, 0.717) is 0 Å². The summed E-state index contributed by atoms with van der Waals surface area (Å²) in [4.78, 5) is 11.0. The maximum atomic E-state index is 9.52. The van der Waals surface area contributed by atoms with E-state index in [1.165, 1.54) is 11.1 Å². The van der Waals surface area contributed by atoms with Gasteiger partial charge in [-0.05, 0) is 48.9 Å². The van der Waals surface area contributed by atoms with Crippen molar-refractivity contribution in [3.8, 4) is 0 Å². The summed E-state index contributed by atoms with van der Waals surface area (Å²) in [6.07, 6.45) is 5.78. The van der Waals surface area contributed by atoms with Crippen molar-refractivity contribution in [2.24, 2.45) is 0 Å². The predicted molar refractivity (Wildman–Crippen MR) is 95.6 cm³/mol. The normalized spacial score (nSPS) is 22.7. The monoisotopic (exact) mass is 344 g/mol. The molecule has 4 rings (SSSR count). The van der Waals surface area contributed by atoms with E-state index in [1.54, 1.807) is 6.33 Å². The van der Waals surface area contributed by atoms with Crippen molar-refractivity contribution in [3.05, 3.63) is 46.7 Å². The lowest BCUT2D eigenvalue weighted by Crippen LogP contribution is -2.32. The predicted octanol–water partition coefficient (Wildman–Crippen LogP) is 3.19. The molecule has 2 heterocycles. The molecular weight excluding hydrogens is 324 g/mol. The fraction of sp³-hybridized carbons (Fsp3) is 0.444. The Hall–Kier alpha value is -1.85. The third-order valence-electron chi connectivity index (χ3n) is 5.04. The molecule has 0 amide bonds. The molecule has 2 atom stereocenters. The molecule has 1 aromatic carbocycles. The van der Waals surface area contributed by atoms with Gasteiger partial charge in [-0.1, -0.05) is 17.7 Å². The molecule has 2 N–H and O–H groups in total. The molecule has 6 heteroatoms. The summed E-state index contributed by atoms with van der Waals surface area (Å²) in [5, 5.41) is 13.8. The highest BCUT2D eigenvalue weighted by atomic mass is 35.5. The molecule has 0 bridgehead atoms. The van der Waals surface area contributed by atoms with E-state index in [-0.39, 0.29) is 18.7 Å². The van der Waals surface area contributed by atoms with E-state index in [4.69, 9.17) is 11.6 Å². The second-order valence-electron chi connectivity index (χ2n) is 6.51. The number of rotatable bonds is 4. The number of aromatic nitrogens is 2. The number of fused-ring (bicyclic) bond motifs is 1. The van der Waals surface area contributed by atoms with E-state index < -0.39 is 0 Å². The number of aryl methyl sites for hydroxylation is 1. The lowest BCUT2D eigenvalue weighted by atomic mass is 10.1. The minimum absolute atomic E-state index is 0.169. The second-order valence-corrected chi connectivity index (χ2v) is 6.95. The van der Waals surface area contributed by atoms with E-state index in [2.05, 4.69) is 32.3 Å². The second kappa shape index (κ2) is 6.57. The maximum Gasteiger partial charge on any atom is 0.134 e. The maximum absolute atomic E-state index is 9.52. The fourth-order valence-corrected chi connectivity index (χ4v) is 4.02. The molecule has 24 heavy (non-hydrogen) atoms. The third kappa shape index (κ3) is 2.94. The van der Waals surface area contributed by atoms with E-state index in [9.17, 15) is 5.11 Å². The summed E-state index contributed by atoms with van der Waals surface area (Å²) < 4.78 is 0. The highest BCUT2D eigenvalue weighted by molar-refractivity contribution is 6.30. The number of hydrogen-bond donors (Lipinski definition) is 2. The highest BCUT2D eigenvalue weighted by Gasteiger charge is 2.26. The van der Waals surface area contributed by atoms with Crippen molar-refractivity contribution in [1.29, 1.82) is 0 Å². The van der Waals surface area contributed by atoms with Crippen molar-refractivity contribution >= 4 is 23.2 Å². The van der Waals surface area contributed by atoms with Gasteiger partial charge in [-0.3, -0.25) is 0 Å². The van der Waals surface area contributed by atoms with Gasteiger partial charge < -0.3 is 15.3 Å². The van der Waals surface area contributed by atoms with E-state index in [0.717, 1.165) is 48.9 Å². The number of nitrogens with zero attached hydrogens (tertiary/aromatic N) is 3. The summed E-state index contributed by atoms with van der Waals surface area (Å²) in [5.74, 6) is 1.72. The smallest absolute Gasteiger partial charge is 0.134 e. The number of aliphatic hydroxyl groups excluding tert-OH is 1. The Morgan fingerprint density at radius 1 is 1.25 bits per heavy atom. The lowest BCUT2D eigenvalue weighted by molar-refractivity contribution is 0.266. The average molecular weight is 345 g/mol. The molecule has 1 aliphatic heterocycles. The Kier molecular flexibility index (Phi) is 4.29. The Labute approximate surface area is 146 Å². The van der Waals surface area contributed by atoms with Crippen LogP contribution in [0, 0.1) is 0 Å².